The first kappa shape index (κ1) is 24.0. The van der Waals surface area contributed by atoms with Gasteiger partial charge in [0.1, 0.15) is 5.60 Å². The van der Waals surface area contributed by atoms with E-state index in [0.717, 1.165) is 5.56 Å². The molecule has 0 saturated heterocycles. The zero-order valence-corrected chi connectivity index (χ0v) is 18.5. The summed E-state index contributed by atoms with van der Waals surface area (Å²) in [5.74, 6) is -0.608. The van der Waals surface area contributed by atoms with E-state index in [4.69, 9.17) is 16.3 Å². The number of anilines is 2. The van der Waals surface area contributed by atoms with E-state index in [0.29, 0.717) is 16.4 Å². The van der Waals surface area contributed by atoms with E-state index in [-0.39, 0.29) is 24.8 Å². The number of hydrogen-bond donors (Lipinski definition) is 3. The summed E-state index contributed by atoms with van der Waals surface area (Å²) in [7, 11) is 0. The van der Waals surface area contributed by atoms with Crippen molar-refractivity contribution in [3.63, 3.8) is 0 Å². The summed E-state index contributed by atoms with van der Waals surface area (Å²) in [4.78, 5) is 35.8. The zero-order chi connectivity index (χ0) is 22.9. The van der Waals surface area contributed by atoms with E-state index < -0.39 is 11.7 Å². The van der Waals surface area contributed by atoms with Gasteiger partial charge in [-0.05, 0) is 56.7 Å². The van der Waals surface area contributed by atoms with E-state index in [1.54, 1.807) is 63.2 Å². The number of ether oxygens (including phenoxy) is 1. The molecule has 0 heterocycles. The Labute approximate surface area is 186 Å². The maximum atomic E-state index is 12.2. The molecule has 2 aromatic rings. The van der Waals surface area contributed by atoms with Crippen molar-refractivity contribution >= 4 is 47.0 Å². The fraction of sp³-hybridized carbons (Fsp3) is 0.261. The van der Waals surface area contributed by atoms with Crippen LogP contribution in [0.2, 0.25) is 5.02 Å². The van der Waals surface area contributed by atoms with Crippen LogP contribution < -0.4 is 16.0 Å². The summed E-state index contributed by atoms with van der Waals surface area (Å²) in [6, 6.07) is 14.0. The number of benzene rings is 2. The lowest BCUT2D eigenvalue weighted by Gasteiger charge is -2.19. The highest BCUT2D eigenvalue weighted by Crippen LogP contribution is 2.18. The minimum atomic E-state index is -0.597. The van der Waals surface area contributed by atoms with Gasteiger partial charge in [-0.1, -0.05) is 35.9 Å². The average molecular weight is 444 g/mol. The molecule has 0 bridgehead atoms. The van der Waals surface area contributed by atoms with Crippen LogP contribution in [0.1, 0.15) is 32.8 Å². The maximum Gasteiger partial charge on any atom is 0.407 e. The van der Waals surface area contributed by atoms with Gasteiger partial charge in [-0.25, -0.2) is 4.79 Å². The van der Waals surface area contributed by atoms with Gasteiger partial charge in [0.25, 0.3) is 0 Å². The standard InChI is InChI=1S/C23H26ClN3O4/c1-23(2,3)31-22(30)25-14-13-21(29)27-18-9-6-8-17(15-18)26-20(28)12-11-16-7-4-5-10-19(16)24/h4-12,15H,13-14H2,1-3H3,(H,25,30)(H,26,28)(H,27,29)/b12-11+. The topological polar surface area (TPSA) is 96.5 Å². The summed E-state index contributed by atoms with van der Waals surface area (Å²) in [6.45, 7) is 5.43. The van der Waals surface area contributed by atoms with Crippen molar-refractivity contribution in [2.45, 2.75) is 32.8 Å². The molecule has 7 nitrogen and oxygen atoms in total. The lowest BCUT2D eigenvalue weighted by molar-refractivity contribution is -0.116. The molecule has 31 heavy (non-hydrogen) atoms. The molecular weight excluding hydrogens is 418 g/mol. The molecule has 2 rings (SSSR count). The molecule has 3 amide bonds. The Hall–Kier alpha value is -3.32. The second kappa shape index (κ2) is 11.2. The van der Waals surface area contributed by atoms with Crippen molar-refractivity contribution in [1.82, 2.24) is 5.32 Å². The van der Waals surface area contributed by atoms with Crippen LogP contribution in [-0.2, 0) is 14.3 Å². The van der Waals surface area contributed by atoms with E-state index in [1.807, 2.05) is 12.1 Å². The third-order valence-electron chi connectivity index (χ3n) is 3.75. The number of carbonyl (C=O) groups is 3. The fourth-order valence-electron chi connectivity index (χ4n) is 2.45. The molecule has 0 saturated carbocycles. The molecule has 0 fully saturated rings. The highest BCUT2D eigenvalue weighted by atomic mass is 35.5. The van der Waals surface area contributed by atoms with Crippen molar-refractivity contribution in [2.24, 2.45) is 0 Å². The summed E-state index contributed by atoms with van der Waals surface area (Å²) in [5, 5.41) is 8.54. The molecule has 0 aliphatic heterocycles. The van der Waals surface area contributed by atoms with Crippen molar-refractivity contribution < 1.29 is 19.1 Å². The van der Waals surface area contributed by atoms with E-state index in [9.17, 15) is 14.4 Å². The van der Waals surface area contributed by atoms with Crippen LogP contribution in [0.25, 0.3) is 6.08 Å². The molecule has 8 heteroatoms. The minimum Gasteiger partial charge on any atom is -0.444 e. The van der Waals surface area contributed by atoms with Crippen LogP contribution in [0, 0.1) is 0 Å². The largest absolute Gasteiger partial charge is 0.444 e. The van der Waals surface area contributed by atoms with E-state index in [1.165, 1.54) is 6.08 Å². The van der Waals surface area contributed by atoms with Crippen LogP contribution in [0.3, 0.4) is 0 Å². The molecule has 3 N–H and O–H groups in total. The molecule has 0 unspecified atom stereocenters. The van der Waals surface area contributed by atoms with Crippen molar-refractivity contribution in [2.75, 3.05) is 17.2 Å². The Morgan fingerprint density at radius 1 is 1.00 bits per heavy atom. The lowest BCUT2D eigenvalue weighted by Crippen LogP contribution is -2.34. The third kappa shape index (κ3) is 9.35. The van der Waals surface area contributed by atoms with Gasteiger partial charge in [-0.2, -0.15) is 0 Å². The van der Waals surface area contributed by atoms with Gasteiger partial charge in [-0.3, -0.25) is 9.59 Å². The average Bonchev–Trinajstić information content (AvgIpc) is 2.66. The van der Waals surface area contributed by atoms with Crippen molar-refractivity contribution in [1.29, 1.82) is 0 Å². The normalized spacial score (nSPS) is 11.1. The van der Waals surface area contributed by atoms with Gasteiger partial charge in [0.2, 0.25) is 11.8 Å². The summed E-state index contributed by atoms with van der Waals surface area (Å²) in [6.07, 6.45) is 2.52. The number of hydrogen-bond acceptors (Lipinski definition) is 4. The predicted octanol–water partition coefficient (Wildman–Crippen LogP) is 4.85. The van der Waals surface area contributed by atoms with E-state index in [2.05, 4.69) is 16.0 Å². The zero-order valence-electron chi connectivity index (χ0n) is 17.7. The second-order valence-corrected chi connectivity index (χ2v) is 8.06. The summed E-state index contributed by atoms with van der Waals surface area (Å²) < 4.78 is 5.11. The first-order valence-corrected chi connectivity index (χ1v) is 10.1. The molecule has 0 spiro atoms. The molecule has 0 aromatic heterocycles. The molecular formula is C23H26ClN3O4. The first-order chi connectivity index (χ1) is 14.6. The van der Waals surface area contributed by atoms with Crippen molar-refractivity contribution in [3.05, 3.63) is 65.2 Å². The monoisotopic (exact) mass is 443 g/mol. The van der Waals surface area contributed by atoms with Crippen molar-refractivity contribution in [3.8, 4) is 0 Å². The van der Waals surface area contributed by atoms with Gasteiger partial charge in [0.05, 0.1) is 0 Å². The number of nitrogens with one attached hydrogen (secondary N) is 3. The van der Waals surface area contributed by atoms with Crippen LogP contribution >= 0.6 is 11.6 Å². The molecule has 164 valence electrons. The lowest BCUT2D eigenvalue weighted by atomic mass is 10.2. The number of rotatable bonds is 7. The molecule has 0 aliphatic carbocycles. The summed E-state index contributed by atoms with van der Waals surface area (Å²) >= 11 is 6.07. The van der Waals surface area contributed by atoms with Gasteiger partial charge < -0.3 is 20.7 Å². The number of amides is 3. The Bertz CT molecular complexity index is 967. The number of carbonyl (C=O) groups excluding carboxylic acids is 3. The second-order valence-electron chi connectivity index (χ2n) is 7.65. The van der Waals surface area contributed by atoms with Gasteiger partial charge in [0, 0.05) is 35.4 Å². The SMILES string of the molecule is CC(C)(C)OC(=O)NCCC(=O)Nc1cccc(NC(=O)/C=C/c2ccccc2Cl)c1. The highest BCUT2D eigenvalue weighted by molar-refractivity contribution is 6.32. The Balaban J connectivity index is 1.83. The predicted molar refractivity (Wildman–Crippen MR) is 123 cm³/mol. The number of alkyl carbamates (subject to hydrolysis) is 1. The molecule has 0 atom stereocenters. The number of halogens is 1. The fourth-order valence-corrected chi connectivity index (χ4v) is 2.65. The summed E-state index contributed by atoms with van der Waals surface area (Å²) in [5.41, 5.74) is 1.19. The van der Waals surface area contributed by atoms with Crippen LogP contribution in [-0.4, -0.2) is 30.1 Å². The Kier molecular flexibility index (Phi) is 8.63. The quantitative estimate of drug-likeness (QED) is 0.533. The third-order valence-corrected chi connectivity index (χ3v) is 4.10. The molecule has 0 radical (unpaired) electrons. The minimum absolute atomic E-state index is 0.0798. The van der Waals surface area contributed by atoms with Gasteiger partial charge >= 0.3 is 6.09 Å². The highest BCUT2D eigenvalue weighted by Gasteiger charge is 2.15. The Morgan fingerprint density at radius 3 is 2.35 bits per heavy atom. The molecule has 2 aromatic carbocycles. The molecule has 0 aliphatic rings. The first-order valence-electron chi connectivity index (χ1n) is 9.73. The van der Waals surface area contributed by atoms with Crippen LogP contribution in [0.4, 0.5) is 16.2 Å². The van der Waals surface area contributed by atoms with E-state index >= 15 is 0 Å². The maximum absolute atomic E-state index is 12.2. The Morgan fingerprint density at radius 2 is 1.68 bits per heavy atom. The van der Waals surface area contributed by atoms with Crippen LogP contribution in [0.15, 0.2) is 54.6 Å². The van der Waals surface area contributed by atoms with Gasteiger partial charge in [0.15, 0.2) is 0 Å². The smallest absolute Gasteiger partial charge is 0.407 e. The van der Waals surface area contributed by atoms with Gasteiger partial charge in [-0.15, -0.1) is 0 Å². The van der Waals surface area contributed by atoms with Crippen LogP contribution in [0.5, 0.6) is 0 Å².